The van der Waals surface area contributed by atoms with Gasteiger partial charge in [0, 0.05) is 40.3 Å². The smallest absolute Gasteiger partial charge is 0.328 e. The van der Waals surface area contributed by atoms with E-state index in [4.69, 9.17) is 5.11 Å². The predicted molar refractivity (Wildman–Crippen MR) is 84.9 cm³/mol. The first-order chi connectivity index (χ1) is 9.06. The summed E-state index contributed by atoms with van der Waals surface area (Å²) in [5.41, 5.74) is 2.05. The molecule has 2 rings (SSSR count). The summed E-state index contributed by atoms with van der Waals surface area (Å²) in [4.78, 5) is 13.0. The van der Waals surface area contributed by atoms with E-state index in [-0.39, 0.29) is 0 Å². The minimum atomic E-state index is -0.920. The number of carboxylic acid groups (broad SMARTS) is 1. The lowest BCUT2D eigenvalue weighted by molar-refractivity contribution is -0.131. The number of hydrogen-bond acceptors (Lipinski definition) is 3. The largest absolute Gasteiger partial charge is 0.478 e. The molecule has 0 amide bonds. The molecule has 5 heteroatoms. The van der Waals surface area contributed by atoms with Gasteiger partial charge in [0.2, 0.25) is 0 Å². The van der Waals surface area contributed by atoms with Gasteiger partial charge >= 0.3 is 5.97 Å². The second kappa shape index (κ2) is 6.48. The van der Waals surface area contributed by atoms with Crippen LogP contribution in [0.4, 0.5) is 5.69 Å². The number of thioether (sulfide) groups is 1. The van der Waals surface area contributed by atoms with Crippen LogP contribution in [0.1, 0.15) is 12.5 Å². The SMILES string of the molecule is CC1CN(c2cc(Br)ccc2/C=C/C(=O)O)CCS1. The predicted octanol–water partition coefficient (Wildman–Crippen LogP) is 3.49. The van der Waals surface area contributed by atoms with E-state index in [0.29, 0.717) is 5.25 Å². The number of carbonyl (C=O) groups is 1. The number of rotatable bonds is 3. The van der Waals surface area contributed by atoms with Gasteiger partial charge in [-0.2, -0.15) is 11.8 Å². The van der Waals surface area contributed by atoms with Crippen molar-refractivity contribution in [2.24, 2.45) is 0 Å². The maximum absolute atomic E-state index is 10.7. The number of carboxylic acids is 1. The standard InChI is InChI=1S/C14H16BrNO2S/c1-10-9-16(6-7-19-10)13-8-12(15)4-2-11(13)3-5-14(17)18/h2-5,8,10H,6-7,9H2,1H3,(H,17,18)/b5-3+. The summed E-state index contributed by atoms with van der Waals surface area (Å²) in [6, 6.07) is 5.95. The Morgan fingerprint density at radius 1 is 1.58 bits per heavy atom. The molecule has 1 aliphatic heterocycles. The van der Waals surface area contributed by atoms with E-state index in [1.54, 1.807) is 6.08 Å². The number of nitrogens with zero attached hydrogens (tertiary/aromatic N) is 1. The highest BCUT2D eigenvalue weighted by Gasteiger charge is 2.18. The Balaban J connectivity index is 2.31. The zero-order valence-electron chi connectivity index (χ0n) is 10.7. The number of halogens is 1. The lowest BCUT2D eigenvalue weighted by Gasteiger charge is -2.33. The molecular weight excluding hydrogens is 326 g/mol. The van der Waals surface area contributed by atoms with Gasteiger partial charge < -0.3 is 10.0 Å². The lowest BCUT2D eigenvalue weighted by Crippen LogP contribution is -2.37. The van der Waals surface area contributed by atoms with E-state index in [9.17, 15) is 4.79 Å². The monoisotopic (exact) mass is 341 g/mol. The number of aliphatic carboxylic acids is 1. The summed E-state index contributed by atoms with van der Waals surface area (Å²) in [7, 11) is 0. The van der Waals surface area contributed by atoms with Crippen LogP contribution in [0, 0.1) is 0 Å². The van der Waals surface area contributed by atoms with Crippen LogP contribution in [-0.2, 0) is 4.79 Å². The quantitative estimate of drug-likeness (QED) is 0.854. The zero-order valence-corrected chi connectivity index (χ0v) is 13.1. The fraction of sp³-hybridized carbons (Fsp3) is 0.357. The summed E-state index contributed by atoms with van der Waals surface area (Å²) >= 11 is 5.47. The van der Waals surface area contributed by atoms with Crippen molar-refractivity contribution in [3.8, 4) is 0 Å². The number of hydrogen-bond donors (Lipinski definition) is 1. The van der Waals surface area contributed by atoms with Crippen LogP contribution in [0.25, 0.3) is 6.08 Å². The van der Waals surface area contributed by atoms with Gasteiger partial charge in [0.15, 0.2) is 0 Å². The maximum atomic E-state index is 10.7. The van der Waals surface area contributed by atoms with Gasteiger partial charge in [-0.05, 0) is 23.8 Å². The third-order valence-electron chi connectivity index (χ3n) is 2.98. The molecule has 1 heterocycles. The van der Waals surface area contributed by atoms with E-state index in [0.717, 1.165) is 34.6 Å². The first-order valence-electron chi connectivity index (χ1n) is 6.13. The van der Waals surface area contributed by atoms with Gasteiger partial charge in [0.1, 0.15) is 0 Å². The van der Waals surface area contributed by atoms with Crippen molar-refractivity contribution in [1.29, 1.82) is 0 Å². The Hall–Kier alpha value is -0.940. The third kappa shape index (κ3) is 4.01. The normalized spacial score (nSPS) is 19.9. The van der Waals surface area contributed by atoms with Crippen molar-refractivity contribution in [3.05, 3.63) is 34.3 Å². The molecule has 1 aromatic rings. The van der Waals surface area contributed by atoms with Crippen LogP contribution < -0.4 is 4.90 Å². The fourth-order valence-corrected chi connectivity index (χ4v) is 3.49. The van der Waals surface area contributed by atoms with E-state index < -0.39 is 5.97 Å². The second-order valence-electron chi connectivity index (χ2n) is 4.50. The summed E-state index contributed by atoms with van der Waals surface area (Å²) in [5.74, 6) is 0.187. The molecule has 3 nitrogen and oxygen atoms in total. The molecule has 0 aliphatic carbocycles. The molecule has 1 N–H and O–H groups in total. The van der Waals surface area contributed by atoms with Crippen LogP contribution >= 0.6 is 27.7 Å². The van der Waals surface area contributed by atoms with Crippen LogP contribution in [0.5, 0.6) is 0 Å². The van der Waals surface area contributed by atoms with Crippen LogP contribution in [-0.4, -0.2) is 35.2 Å². The highest BCUT2D eigenvalue weighted by Crippen LogP contribution is 2.30. The molecule has 1 atom stereocenters. The highest BCUT2D eigenvalue weighted by atomic mass is 79.9. The van der Waals surface area contributed by atoms with Gasteiger partial charge in [-0.1, -0.05) is 28.9 Å². The minimum absolute atomic E-state index is 0.601. The topological polar surface area (TPSA) is 40.5 Å². The summed E-state index contributed by atoms with van der Waals surface area (Å²) in [6.45, 7) is 4.22. The molecule has 0 aromatic heterocycles. The van der Waals surface area contributed by atoms with Crippen molar-refractivity contribution in [2.45, 2.75) is 12.2 Å². The molecular formula is C14H16BrNO2S. The van der Waals surface area contributed by atoms with Gasteiger partial charge in [0.05, 0.1) is 0 Å². The Bertz CT molecular complexity index is 504. The molecule has 0 saturated carbocycles. The van der Waals surface area contributed by atoms with Crippen molar-refractivity contribution >= 4 is 45.4 Å². The summed E-state index contributed by atoms with van der Waals surface area (Å²) < 4.78 is 1.01. The van der Waals surface area contributed by atoms with Gasteiger partial charge in [0.25, 0.3) is 0 Å². The Labute approximate surface area is 125 Å². The van der Waals surface area contributed by atoms with Crippen LogP contribution in [0.2, 0.25) is 0 Å². The van der Waals surface area contributed by atoms with Gasteiger partial charge in [-0.15, -0.1) is 0 Å². The van der Waals surface area contributed by atoms with Gasteiger partial charge in [-0.3, -0.25) is 0 Å². The van der Waals surface area contributed by atoms with Crippen LogP contribution in [0.3, 0.4) is 0 Å². The molecule has 19 heavy (non-hydrogen) atoms. The number of benzene rings is 1. The van der Waals surface area contributed by atoms with Crippen molar-refractivity contribution in [2.75, 3.05) is 23.7 Å². The lowest BCUT2D eigenvalue weighted by atomic mass is 10.1. The molecule has 1 aromatic carbocycles. The molecule has 0 radical (unpaired) electrons. The summed E-state index contributed by atoms with van der Waals surface area (Å²) in [6.07, 6.45) is 2.85. The minimum Gasteiger partial charge on any atom is -0.478 e. The second-order valence-corrected chi connectivity index (χ2v) is 6.96. The van der Waals surface area contributed by atoms with Crippen LogP contribution in [0.15, 0.2) is 28.7 Å². The molecule has 0 bridgehead atoms. The number of anilines is 1. The molecule has 1 saturated heterocycles. The van der Waals surface area contributed by atoms with E-state index in [1.165, 1.54) is 6.08 Å². The zero-order chi connectivity index (χ0) is 13.8. The molecule has 1 fully saturated rings. The average Bonchev–Trinajstić information content (AvgIpc) is 2.37. The van der Waals surface area contributed by atoms with E-state index in [2.05, 4.69) is 33.8 Å². The molecule has 0 spiro atoms. The first kappa shape index (κ1) is 14.5. The molecule has 1 aliphatic rings. The van der Waals surface area contributed by atoms with Gasteiger partial charge in [-0.25, -0.2) is 4.79 Å². The third-order valence-corrected chi connectivity index (χ3v) is 4.61. The van der Waals surface area contributed by atoms with Crippen molar-refractivity contribution < 1.29 is 9.90 Å². The van der Waals surface area contributed by atoms with Crippen molar-refractivity contribution in [3.63, 3.8) is 0 Å². The fourth-order valence-electron chi connectivity index (χ4n) is 2.13. The molecule has 102 valence electrons. The average molecular weight is 342 g/mol. The van der Waals surface area contributed by atoms with E-state index in [1.807, 2.05) is 23.9 Å². The Morgan fingerprint density at radius 3 is 3.05 bits per heavy atom. The summed E-state index contributed by atoms with van der Waals surface area (Å²) in [5, 5.41) is 9.36. The first-order valence-corrected chi connectivity index (χ1v) is 7.97. The maximum Gasteiger partial charge on any atom is 0.328 e. The highest BCUT2D eigenvalue weighted by molar-refractivity contribution is 9.10. The molecule has 1 unspecified atom stereocenters. The Kier molecular flexibility index (Phi) is 4.93. The van der Waals surface area contributed by atoms with E-state index >= 15 is 0 Å². The Morgan fingerprint density at radius 2 is 2.37 bits per heavy atom. The van der Waals surface area contributed by atoms with Crippen molar-refractivity contribution in [1.82, 2.24) is 0 Å².